The van der Waals surface area contributed by atoms with Gasteiger partial charge in [-0.1, -0.05) is 30.3 Å². The molecule has 0 saturated heterocycles. The Labute approximate surface area is 147 Å². The molecule has 0 aliphatic carbocycles. The van der Waals surface area contributed by atoms with Crippen LogP contribution in [0, 0.1) is 13.8 Å². The molecule has 25 heavy (non-hydrogen) atoms. The molecule has 3 aromatic rings. The topological polar surface area (TPSA) is 51.1 Å². The van der Waals surface area contributed by atoms with E-state index in [9.17, 15) is 9.59 Å². The fourth-order valence-electron chi connectivity index (χ4n) is 3.06. The standard InChI is InChI=1S/C21H22N2O2/c1-13-8-7-10-19(14(13)2)22-21(25)15(3)23-12-18(16(4)24)17-9-5-6-11-20(17)23/h5-12,15H,1-4H3,(H,22,25)/t15-/m1/s1. The molecular formula is C21H22N2O2. The van der Waals surface area contributed by atoms with Crippen molar-refractivity contribution in [2.24, 2.45) is 0 Å². The Kier molecular flexibility index (Phi) is 4.45. The number of nitrogens with zero attached hydrogens (tertiary/aromatic N) is 1. The molecule has 1 amide bonds. The minimum Gasteiger partial charge on any atom is -0.335 e. The van der Waals surface area contributed by atoms with Crippen LogP contribution in [0.25, 0.3) is 10.9 Å². The Morgan fingerprint density at radius 3 is 2.48 bits per heavy atom. The van der Waals surface area contributed by atoms with Crippen molar-refractivity contribution >= 4 is 28.3 Å². The van der Waals surface area contributed by atoms with Crippen molar-refractivity contribution in [3.63, 3.8) is 0 Å². The van der Waals surface area contributed by atoms with E-state index >= 15 is 0 Å². The van der Waals surface area contributed by atoms with Gasteiger partial charge in [0.1, 0.15) is 6.04 Å². The molecule has 0 aliphatic rings. The molecule has 3 rings (SSSR count). The van der Waals surface area contributed by atoms with Gasteiger partial charge in [-0.2, -0.15) is 0 Å². The number of fused-ring (bicyclic) bond motifs is 1. The van der Waals surface area contributed by atoms with Crippen LogP contribution in [0.5, 0.6) is 0 Å². The minimum atomic E-state index is -0.432. The van der Waals surface area contributed by atoms with Crippen molar-refractivity contribution in [1.82, 2.24) is 4.57 Å². The van der Waals surface area contributed by atoms with Crippen molar-refractivity contribution in [2.75, 3.05) is 5.32 Å². The first-order valence-corrected chi connectivity index (χ1v) is 8.37. The smallest absolute Gasteiger partial charge is 0.247 e. The second-order valence-corrected chi connectivity index (χ2v) is 6.44. The molecule has 0 saturated carbocycles. The zero-order valence-electron chi connectivity index (χ0n) is 15.0. The number of hydrogen-bond acceptors (Lipinski definition) is 2. The molecule has 0 spiro atoms. The molecule has 0 fully saturated rings. The number of aryl methyl sites for hydroxylation is 1. The molecule has 1 atom stereocenters. The highest BCUT2D eigenvalue weighted by atomic mass is 16.2. The molecule has 2 aromatic carbocycles. The van der Waals surface area contributed by atoms with Gasteiger partial charge in [0, 0.05) is 28.4 Å². The number of hydrogen-bond donors (Lipinski definition) is 1. The lowest BCUT2D eigenvalue weighted by molar-refractivity contribution is -0.118. The Morgan fingerprint density at radius 1 is 1.04 bits per heavy atom. The second kappa shape index (κ2) is 6.55. The van der Waals surface area contributed by atoms with E-state index in [2.05, 4.69) is 5.32 Å². The summed E-state index contributed by atoms with van der Waals surface area (Å²) in [6.07, 6.45) is 1.78. The van der Waals surface area contributed by atoms with Crippen LogP contribution in [-0.4, -0.2) is 16.3 Å². The highest BCUT2D eigenvalue weighted by molar-refractivity contribution is 6.07. The van der Waals surface area contributed by atoms with Gasteiger partial charge >= 0.3 is 0 Å². The van der Waals surface area contributed by atoms with E-state index in [0.717, 1.165) is 27.7 Å². The fourth-order valence-corrected chi connectivity index (χ4v) is 3.06. The summed E-state index contributed by atoms with van der Waals surface area (Å²) in [4.78, 5) is 24.7. The summed E-state index contributed by atoms with van der Waals surface area (Å²) in [6.45, 7) is 7.41. The van der Waals surface area contributed by atoms with Crippen molar-refractivity contribution in [3.8, 4) is 0 Å². The molecule has 1 aromatic heterocycles. The van der Waals surface area contributed by atoms with Crippen LogP contribution in [0.15, 0.2) is 48.7 Å². The van der Waals surface area contributed by atoms with Crippen molar-refractivity contribution in [2.45, 2.75) is 33.7 Å². The van der Waals surface area contributed by atoms with E-state index in [0.29, 0.717) is 5.56 Å². The summed E-state index contributed by atoms with van der Waals surface area (Å²) in [5.74, 6) is -0.110. The van der Waals surface area contributed by atoms with E-state index in [-0.39, 0.29) is 11.7 Å². The number of para-hydroxylation sites is 1. The van der Waals surface area contributed by atoms with Crippen LogP contribution in [0.2, 0.25) is 0 Å². The lowest BCUT2D eigenvalue weighted by atomic mass is 10.1. The number of rotatable bonds is 4. The molecule has 0 aliphatic heterocycles. The van der Waals surface area contributed by atoms with E-state index in [4.69, 9.17) is 0 Å². The maximum absolute atomic E-state index is 12.8. The summed E-state index contributed by atoms with van der Waals surface area (Å²) < 4.78 is 1.87. The highest BCUT2D eigenvalue weighted by Crippen LogP contribution is 2.26. The molecule has 128 valence electrons. The van der Waals surface area contributed by atoms with E-state index in [1.165, 1.54) is 0 Å². The number of amides is 1. The quantitative estimate of drug-likeness (QED) is 0.706. The molecule has 0 radical (unpaired) electrons. The lowest BCUT2D eigenvalue weighted by Crippen LogP contribution is -2.23. The molecule has 4 heteroatoms. The third kappa shape index (κ3) is 3.07. The van der Waals surface area contributed by atoms with Gasteiger partial charge in [-0.15, -0.1) is 0 Å². The van der Waals surface area contributed by atoms with Crippen LogP contribution in [0.4, 0.5) is 5.69 Å². The monoisotopic (exact) mass is 334 g/mol. The van der Waals surface area contributed by atoms with Gasteiger partial charge in [0.2, 0.25) is 5.91 Å². The molecular weight excluding hydrogens is 312 g/mol. The van der Waals surface area contributed by atoms with E-state index in [1.54, 1.807) is 13.1 Å². The third-order valence-corrected chi connectivity index (χ3v) is 4.78. The first-order chi connectivity index (χ1) is 11.9. The number of nitrogens with one attached hydrogen (secondary N) is 1. The lowest BCUT2D eigenvalue weighted by Gasteiger charge is -2.17. The van der Waals surface area contributed by atoms with Gasteiger partial charge in [-0.05, 0) is 51.0 Å². The van der Waals surface area contributed by atoms with Crippen LogP contribution >= 0.6 is 0 Å². The van der Waals surface area contributed by atoms with Gasteiger partial charge in [-0.3, -0.25) is 9.59 Å². The van der Waals surface area contributed by atoms with Gasteiger partial charge < -0.3 is 9.88 Å². The van der Waals surface area contributed by atoms with Crippen molar-refractivity contribution in [1.29, 1.82) is 0 Å². The van der Waals surface area contributed by atoms with Gasteiger partial charge in [-0.25, -0.2) is 0 Å². The summed E-state index contributed by atoms with van der Waals surface area (Å²) in [5.41, 5.74) is 4.54. The number of aromatic nitrogens is 1. The SMILES string of the molecule is CC(=O)c1cn([C@H](C)C(=O)Nc2cccc(C)c2C)c2ccccc12. The van der Waals surface area contributed by atoms with Crippen molar-refractivity contribution in [3.05, 3.63) is 65.4 Å². The largest absolute Gasteiger partial charge is 0.335 e. The summed E-state index contributed by atoms with van der Waals surface area (Å²) in [6, 6.07) is 13.1. The Balaban J connectivity index is 1.96. The molecule has 1 heterocycles. The Bertz CT molecular complexity index is 969. The van der Waals surface area contributed by atoms with Gasteiger partial charge in [0.25, 0.3) is 0 Å². The number of benzene rings is 2. The van der Waals surface area contributed by atoms with Crippen LogP contribution in [0.1, 0.15) is 41.4 Å². The second-order valence-electron chi connectivity index (χ2n) is 6.44. The molecule has 4 nitrogen and oxygen atoms in total. The molecule has 0 bridgehead atoms. The number of ketones is 1. The van der Waals surface area contributed by atoms with Crippen molar-refractivity contribution < 1.29 is 9.59 Å². The maximum atomic E-state index is 12.8. The summed E-state index contributed by atoms with van der Waals surface area (Å²) in [5, 5.41) is 3.88. The zero-order chi connectivity index (χ0) is 18.1. The fraction of sp³-hybridized carbons (Fsp3) is 0.238. The maximum Gasteiger partial charge on any atom is 0.247 e. The number of carbonyl (C=O) groups excluding carboxylic acids is 2. The highest BCUT2D eigenvalue weighted by Gasteiger charge is 2.20. The van der Waals surface area contributed by atoms with E-state index in [1.807, 2.05) is 67.8 Å². The predicted molar refractivity (Wildman–Crippen MR) is 101 cm³/mol. The first kappa shape index (κ1) is 17.0. The van der Waals surface area contributed by atoms with Gasteiger partial charge in [0.15, 0.2) is 5.78 Å². The number of anilines is 1. The van der Waals surface area contributed by atoms with Crippen LogP contribution in [-0.2, 0) is 4.79 Å². The van der Waals surface area contributed by atoms with Crippen LogP contribution in [0.3, 0.4) is 0 Å². The molecule has 1 N–H and O–H groups in total. The normalized spacial score (nSPS) is 12.2. The Hall–Kier alpha value is -2.88. The van der Waals surface area contributed by atoms with E-state index < -0.39 is 6.04 Å². The number of carbonyl (C=O) groups is 2. The van der Waals surface area contributed by atoms with Crippen LogP contribution < -0.4 is 5.32 Å². The molecule has 0 unspecified atom stereocenters. The predicted octanol–water partition coefficient (Wildman–Crippen LogP) is 4.66. The average molecular weight is 334 g/mol. The summed E-state index contributed by atoms with van der Waals surface area (Å²) >= 11 is 0. The third-order valence-electron chi connectivity index (χ3n) is 4.78. The summed E-state index contributed by atoms with van der Waals surface area (Å²) in [7, 11) is 0. The Morgan fingerprint density at radius 2 is 1.76 bits per heavy atom. The minimum absolute atomic E-state index is 0.00270. The number of Topliss-reactive ketones (excluding diaryl/α,β-unsaturated/α-hetero) is 1. The zero-order valence-corrected chi connectivity index (χ0v) is 15.0. The van der Waals surface area contributed by atoms with Gasteiger partial charge in [0.05, 0.1) is 0 Å². The average Bonchev–Trinajstić information content (AvgIpc) is 2.98. The first-order valence-electron chi connectivity index (χ1n) is 8.37.